The maximum absolute atomic E-state index is 13.2. The summed E-state index contributed by atoms with van der Waals surface area (Å²) in [6.45, 7) is 4.15. The maximum atomic E-state index is 13.2. The van der Waals surface area contributed by atoms with Crippen LogP contribution in [0.15, 0.2) is 36.4 Å². The molecule has 0 N–H and O–H groups in total. The van der Waals surface area contributed by atoms with Crippen molar-refractivity contribution in [3.05, 3.63) is 42.0 Å². The lowest BCUT2D eigenvalue weighted by atomic mass is 10.0. The molecule has 0 aromatic heterocycles. The van der Waals surface area contributed by atoms with Gasteiger partial charge in [0.05, 0.1) is 34.0 Å². The van der Waals surface area contributed by atoms with Crippen LogP contribution in [0.1, 0.15) is 18.4 Å². The average molecular weight is 433 g/mol. The molecule has 1 saturated carbocycles. The highest BCUT2D eigenvalue weighted by atomic mass is 19.3. The normalized spacial score (nSPS) is 20.3. The highest BCUT2D eigenvalue weighted by molar-refractivity contribution is 5.69. The molecular formula is C24H29F2NO4. The Hall–Kier alpha value is -2.38. The van der Waals surface area contributed by atoms with Crippen molar-refractivity contribution < 1.29 is 27.7 Å². The topological polar surface area (TPSA) is 40.2 Å². The largest absolute Gasteiger partial charge is 0.493 e. The minimum Gasteiger partial charge on any atom is -0.493 e. The monoisotopic (exact) mass is 433 g/mol. The fraction of sp³-hybridized carbons (Fsp3) is 0.500. The van der Waals surface area contributed by atoms with Crippen LogP contribution in [-0.2, 0) is 11.3 Å². The molecule has 2 aliphatic rings. The van der Waals surface area contributed by atoms with Gasteiger partial charge in [-0.3, -0.25) is 4.90 Å². The van der Waals surface area contributed by atoms with Crippen LogP contribution in [-0.4, -0.2) is 58.0 Å². The number of ether oxygens (including phenoxy) is 4. The zero-order valence-corrected chi connectivity index (χ0v) is 18.0. The first-order valence-electron chi connectivity index (χ1n) is 10.7. The van der Waals surface area contributed by atoms with Gasteiger partial charge < -0.3 is 18.9 Å². The molecule has 1 atom stereocenters. The maximum Gasteiger partial charge on any atom is 0.251 e. The minimum absolute atomic E-state index is 0.0186. The number of hydrogen-bond donors (Lipinski definition) is 0. The second-order valence-corrected chi connectivity index (χ2v) is 8.08. The molecule has 168 valence electrons. The Kier molecular flexibility index (Phi) is 6.62. The molecule has 1 unspecified atom stereocenters. The van der Waals surface area contributed by atoms with Crippen molar-refractivity contribution in [3.63, 3.8) is 0 Å². The molecule has 0 bridgehead atoms. The fourth-order valence-electron chi connectivity index (χ4n) is 3.93. The van der Waals surface area contributed by atoms with Crippen LogP contribution in [0.4, 0.5) is 8.78 Å². The van der Waals surface area contributed by atoms with Gasteiger partial charge in [-0.1, -0.05) is 12.1 Å². The van der Waals surface area contributed by atoms with Crippen molar-refractivity contribution in [3.8, 4) is 28.4 Å². The molecule has 2 fully saturated rings. The molecule has 2 aromatic rings. The third kappa shape index (κ3) is 5.28. The third-order valence-corrected chi connectivity index (χ3v) is 5.95. The summed E-state index contributed by atoms with van der Waals surface area (Å²) in [7, 11) is 3.23. The molecule has 0 radical (unpaired) electrons. The Bertz CT molecular complexity index is 899. The van der Waals surface area contributed by atoms with E-state index in [0.717, 1.165) is 42.1 Å². The van der Waals surface area contributed by atoms with E-state index in [0.29, 0.717) is 37.7 Å². The van der Waals surface area contributed by atoms with Gasteiger partial charge in [-0.05, 0) is 41.8 Å². The van der Waals surface area contributed by atoms with Gasteiger partial charge in [0.2, 0.25) is 0 Å². The second kappa shape index (κ2) is 9.40. The highest BCUT2D eigenvalue weighted by Gasteiger charge is 2.56. The summed E-state index contributed by atoms with van der Waals surface area (Å²) in [6.07, 6.45) is 0.358. The van der Waals surface area contributed by atoms with Crippen LogP contribution >= 0.6 is 0 Å². The summed E-state index contributed by atoms with van der Waals surface area (Å²) in [4.78, 5) is 2.32. The molecule has 0 spiro atoms. The molecule has 7 heteroatoms. The van der Waals surface area contributed by atoms with Crippen LogP contribution in [0.5, 0.6) is 17.2 Å². The standard InChI is InChI=1S/C24H29F2NO4/c1-28-22-6-4-18(14-23(22)29-2)17-3-5-21(31-10-7-20-15-24(20,25)26)19(13-17)16-27-8-11-30-12-9-27/h3-6,13-14,20H,7-12,15-16H2,1-2H3. The highest BCUT2D eigenvalue weighted by Crippen LogP contribution is 2.50. The van der Waals surface area contributed by atoms with Crippen molar-refractivity contribution in [2.75, 3.05) is 47.1 Å². The Morgan fingerprint density at radius 3 is 2.26 bits per heavy atom. The molecule has 5 nitrogen and oxygen atoms in total. The average Bonchev–Trinajstić information content (AvgIpc) is 3.40. The first-order chi connectivity index (χ1) is 15.0. The SMILES string of the molecule is COc1ccc(-c2ccc(OCCC3CC3(F)F)c(CN3CCOCC3)c2)cc1OC. The lowest BCUT2D eigenvalue weighted by Crippen LogP contribution is -2.35. The molecule has 2 aromatic carbocycles. The molecule has 1 heterocycles. The van der Waals surface area contributed by atoms with Gasteiger partial charge >= 0.3 is 0 Å². The molecule has 1 aliphatic heterocycles. The van der Waals surface area contributed by atoms with E-state index in [1.54, 1.807) is 14.2 Å². The lowest BCUT2D eigenvalue weighted by molar-refractivity contribution is 0.0338. The summed E-state index contributed by atoms with van der Waals surface area (Å²) in [6, 6.07) is 11.9. The Morgan fingerprint density at radius 2 is 1.61 bits per heavy atom. The van der Waals surface area contributed by atoms with E-state index >= 15 is 0 Å². The van der Waals surface area contributed by atoms with Gasteiger partial charge in [0, 0.05) is 37.5 Å². The molecule has 31 heavy (non-hydrogen) atoms. The van der Waals surface area contributed by atoms with Gasteiger partial charge in [-0.25, -0.2) is 8.78 Å². The summed E-state index contributed by atoms with van der Waals surface area (Å²) in [5, 5.41) is 0. The third-order valence-electron chi connectivity index (χ3n) is 5.95. The first kappa shape index (κ1) is 21.8. The summed E-state index contributed by atoms with van der Waals surface area (Å²) in [5.41, 5.74) is 3.08. The van der Waals surface area contributed by atoms with E-state index < -0.39 is 11.8 Å². The second-order valence-electron chi connectivity index (χ2n) is 8.08. The van der Waals surface area contributed by atoms with Crippen molar-refractivity contribution in [2.24, 2.45) is 5.92 Å². The van der Waals surface area contributed by atoms with Crippen molar-refractivity contribution in [1.29, 1.82) is 0 Å². The van der Waals surface area contributed by atoms with E-state index in [1.165, 1.54) is 0 Å². The minimum atomic E-state index is -2.50. The molecule has 1 aliphatic carbocycles. The first-order valence-corrected chi connectivity index (χ1v) is 10.7. The van der Waals surface area contributed by atoms with Gasteiger partial charge in [0.15, 0.2) is 11.5 Å². The number of morpholine rings is 1. The van der Waals surface area contributed by atoms with Crippen LogP contribution in [0, 0.1) is 5.92 Å². The van der Waals surface area contributed by atoms with E-state index in [4.69, 9.17) is 18.9 Å². The Labute approximate surface area is 181 Å². The molecule has 4 rings (SSSR count). The number of benzene rings is 2. The molecular weight excluding hydrogens is 404 g/mol. The van der Waals surface area contributed by atoms with Gasteiger partial charge in [-0.2, -0.15) is 0 Å². The van der Waals surface area contributed by atoms with E-state index in [9.17, 15) is 8.78 Å². The summed E-state index contributed by atoms with van der Waals surface area (Å²) < 4.78 is 48.5. The predicted octanol–water partition coefficient (Wildman–Crippen LogP) is 4.63. The summed E-state index contributed by atoms with van der Waals surface area (Å²) >= 11 is 0. The lowest BCUT2D eigenvalue weighted by Gasteiger charge is -2.27. The Morgan fingerprint density at radius 1 is 0.968 bits per heavy atom. The van der Waals surface area contributed by atoms with Gasteiger partial charge in [0.1, 0.15) is 5.75 Å². The number of alkyl halides is 2. The molecule has 0 amide bonds. The number of rotatable bonds is 9. The van der Waals surface area contributed by atoms with E-state index in [1.807, 2.05) is 30.3 Å². The number of halogens is 2. The zero-order valence-electron chi connectivity index (χ0n) is 18.0. The van der Waals surface area contributed by atoms with Crippen molar-refractivity contribution in [2.45, 2.75) is 25.3 Å². The van der Waals surface area contributed by atoms with Crippen LogP contribution in [0.2, 0.25) is 0 Å². The number of methoxy groups -OCH3 is 2. The smallest absolute Gasteiger partial charge is 0.251 e. The van der Waals surface area contributed by atoms with Gasteiger partial charge in [0.25, 0.3) is 5.92 Å². The van der Waals surface area contributed by atoms with Crippen molar-refractivity contribution in [1.82, 2.24) is 4.90 Å². The number of nitrogens with zero attached hydrogens (tertiary/aromatic N) is 1. The van der Waals surface area contributed by atoms with E-state index in [2.05, 4.69) is 11.0 Å². The molecule has 1 saturated heterocycles. The Balaban J connectivity index is 1.54. The van der Waals surface area contributed by atoms with E-state index in [-0.39, 0.29) is 6.42 Å². The number of hydrogen-bond acceptors (Lipinski definition) is 5. The zero-order chi connectivity index (χ0) is 21.8. The van der Waals surface area contributed by atoms with Crippen LogP contribution < -0.4 is 14.2 Å². The predicted molar refractivity (Wildman–Crippen MR) is 114 cm³/mol. The summed E-state index contributed by atoms with van der Waals surface area (Å²) in [5.74, 6) is -0.949. The fourth-order valence-corrected chi connectivity index (χ4v) is 3.93. The van der Waals surface area contributed by atoms with Gasteiger partial charge in [-0.15, -0.1) is 0 Å². The van der Waals surface area contributed by atoms with Crippen LogP contribution in [0.3, 0.4) is 0 Å². The quantitative estimate of drug-likeness (QED) is 0.577. The van der Waals surface area contributed by atoms with Crippen molar-refractivity contribution >= 4 is 0 Å². The van der Waals surface area contributed by atoms with Crippen LogP contribution in [0.25, 0.3) is 11.1 Å².